The van der Waals surface area contributed by atoms with Crippen LogP contribution in [0.4, 0.5) is 0 Å². The van der Waals surface area contributed by atoms with Crippen LogP contribution in [0.3, 0.4) is 0 Å². The van der Waals surface area contributed by atoms with Crippen molar-refractivity contribution in [2.45, 2.75) is 20.3 Å². The Hall–Kier alpha value is -0.190. The van der Waals surface area contributed by atoms with Crippen molar-refractivity contribution in [2.75, 3.05) is 19.6 Å². The van der Waals surface area contributed by atoms with Gasteiger partial charge < -0.3 is 0 Å². The lowest BCUT2D eigenvalue weighted by Gasteiger charge is -2.17. The van der Waals surface area contributed by atoms with Crippen LogP contribution in [0.2, 0.25) is 0 Å². The Labute approximate surface area is 103 Å². The normalized spacial score (nSPS) is 10.9. The molecule has 0 saturated heterocycles. The molecular weight excluding hydrogens is 274 g/mol. The number of hydrogen-bond acceptors (Lipinski definition) is 3. The maximum atomic E-state index is 11.9. The van der Waals surface area contributed by atoms with Gasteiger partial charge in [-0.05, 0) is 46.9 Å². The van der Waals surface area contributed by atoms with Gasteiger partial charge in [0.25, 0.3) is 0 Å². The van der Waals surface area contributed by atoms with E-state index in [1.807, 2.05) is 11.4 Å². The van der Waals surface area contributed by atoms with Crippen molar-refractivity contribution in [1.29, 1.82) is 0 Å². The van der Waals surface area contributed by atoms with E-state index in [4.69, 9.17) is 0 Å². The van der Waals surface area contributed by atoms with Gasteiger partial charge in [-0.25, -0.2) is 0 Å². The highest BCUT2D eigenvalue weighted by molar-refractivity contribution is 9.10. The Morgan fingerprint density at radius 1 is 1.53 bits per heavy atom. The SMILES string of the molecule is CCCN(CC)CC(=O)c1sccc1Br. The van der Waals surface area contributed by atoms with Gasteiger partial charge in [0.1, 0.15) is 0 Å². The van der Waals surface area contributed by atoms with Gasteiger partial charge in [-0.2, -0.15) is 0 Å². The first kappa shape index (κ1) is 12.9. The second-order valence-electron chi connectivity index (χ2n) is 3.39. The molecule has 4 heteroatoms. The van der Waals surface area contributed by atoms with Gasteiger partial charge in [-0.1, -0.05) is 13.8 Å². The van der Waals surface area contributed by atoms with Crippen LogP contribution < -0.4 is 0 Å². The average Bonchev–Trinajstić information content (AvgIpc) is 2.63. The third-order valence-corrected chi connectivity index (χ3v) is 4.10. The predicted molar refractivity (Wildman–Crippen MR) is 68.8 cm³/mol. The molecule has 84 valence electrons. The number of hydrogen-bond donors (Lipinski definition) is 0. The van der Waals surface area contributed by atoms with E-state index in [1.165, 1.54) is 11.3 Å². The molecule has 0 aliphatic rings. The maximum absolute atomic E-state index is 11.9. The molecule has 15 heavy (non-hydrogen) atoms. The molecule has 0 unspecified atom stereocenters. The highest BCUT2D eigenvalue weighted by Crippen LogP contribution is 2.23. The first-order valence-corrected chi connectivity index (χ1v) is 6.84. The van der Waals surface area contributed by atoms with Crippen LogP contribution in [0.25, 0.3) is 0 Å². The zero-order chi connectivity index (χ0) is 11.3. The molecule has 0 atom stereocenters. The van der Waals surface area contributed by atoms with Gasteiger partial charge in [-0.15, -0.1) is 11.3 Å². The summed E-state index contributed by atoms with van der Waals surface area (Å²) in [6.45, 7) is 6.68. The Kier molecular flexibility index (Phi) is 5.50. The Bertz CT molecular complexity index is 324. The summed E-state index contributed by atoms with van der Waals surface area (Å²) in [4.78, 5) is 14.9. The lowest BCUT2D eigenvalue weighted by Crippen LogP contribution is -2.30. The van der Waals surface area contributed by atoms with Gasteiger partial charge >= 0.3 is 0 Å². The van der Waals surface area contributed by atoms with Gasteiger partial charge in [0.2, 0.25) is 0 Å². The largest absolute Gasteiger partial charge is 0.296 e. The van der Waals surface area contributed by atoms with Crippen LogP contribution in [-0.4, -0.2) is 30.3 Å². The molecular formula is C11H16BrNOS. The Morgan fingerprint density at radius 3 is 2.73 bits per heavy atom. The second kappa shape index (κ2) is 6.40. The molecule has 0 bridgehead atoms. The van der Waals surface area contributed by atoms with E-state index in [0.29, 0.717) is 6.54 Å². The van der Waals surface area contributed by atoms with Crippen LogP contribution in [0, 0.1) is 0 Å². The van der Waals surface area contributed by atoms with Gasteiger partial charge in [0.15, 0.2) is 5.78 Å². The summed E-state index contributed by atoms with van der Waals surface area (Å²) in [7, 11) is 0. The number of likely N-dealkylation sites (N-methyl/N-ethyl adjacent to an activating group) is 1. The molecule has 0 N–H and O–H groups in total. The van der Waals surface area contributed by atoms with Crippen LogP contribution in [-0.2, 0) is 0 Å². The van der Waals surface area contributed by atoms with Crippen molar-refractivity contribution in [1.82, 2.24) is 4.90 Å². The van der Waals surface area contributed by atoms with Crippen LogP contribution in [0.5, 0.6) is 0 Å². The van der Waals surface area contributed by atoms with E-state index in [-0.39, 0.29) is 5.78 Å². The smallest absolute Gasteiger partial charge is 0.187 e. The summed E-state index contributed by atoms with van der Waals surface area (Å²) < 4.78 is 0.921. The molecule has 0 radical (unpaired) electrons. The number of Topliss-reactive ketones (excluding diaryl/α,β-unsaturated/α-hetero) is 1. The minimum atomic E-state index is 0.215. The highest BCUT2D eigenvalue weighted by Gasteiger charge is 2.14. The van der Waals surface area contributed by atoms with Crippen LogP contribution in [0.1, 0.15) is 29.9 Å². The monoisotopic (exact) mass is 289 g/mol. The molecule has 0 aliphatic heterocycles. The lowest BCUT2D eigenvalue weighted by molar-refractivity contribution is 0.0937. The molecule has 0 aliphatic carbocycles. The fraction of sp³-hybridized carbons (Fsp3) is 0.545. The summed E-state index contributed by atoms with van der Waals surface area (Å²) in [6.07, 6.45) is 1.09. The van der Waals surface area contributed by atoms with Crippen LogP contribution >= 0.6 is 27.3 Å². The molecule has 0 amide bonds. The second-order valence-corrected chi connectivity index (χ2v) is 5.16. The molecule has 1 aromatic heterocycles. The zero-order valence-corrected chi connectivity index (χ0v) is 11.5. The van der Waals surface area contributed by atoms with Crippen molar-refractivity contribution in [3.05, 3.63) is 20.8 Å². The van der Waals surface area contributed by atoms with Crippen molar-refractivity contribution < 1.29 is 4.79 Å². The number of ketones is 1. The van der Waals surface area contributed by atoms with E-state index < -0.39 is 0 Å². The maximum Gasteiger partial charge on any atom is 0.187 e. The number of halogens is 1. The Balaban J connectivity index is 2.58. The molecule has 0 fully saturated rings. The number of carbonyl (C=O) groups excluding carboxylic acids is 1. The summed E-state index contributed by atoms with van der Waals surface area (Å²) in [6, 6.07) is 1.92. The fourth-order valence-corrected chi connectivity index (χ4v) is 2.96. The number of carbonyl (C=O) groups is 1. The van der Waals surface area contributed by atoms with E-state index in [0.717, 1.165) is 28.9 Å². The van der Waals surface area contributed by atoms with Crippen molar-refractivity contribution in [2.24, 2.45) is 0 Å². The Morgan fingerprint density at radius 2 is 2.27 bits per heavy atom. The summed E-state index contributed by atoms with van der Waals surface area (Å²) in [5.41, 5.74) is 0. The minimum Gasteiger partial charge on any atom is -0.296 e. The van der Waals surface area contributed by atoms with Gasteiger partial charge in [-0.3, -0.25) is 9.69 Å². The first-order valence-electron chi connectivity index (χ1n) is 5.17. The van der Waals surface area contributed by atoms with E-state index in [1.54, 1.807) is 0 Å². The van der Waals surface area contributed by atoms with Gasteiger partial charge in [0.05, 0.1) is 11.4 Å². The molecule has 1 aromatic rings. The third kappa shape index (κ3) is 3.70. The minimum absolute atomic E-state index is 0.215. The molecule has 0 spiro atoms. The number of thiophene rings is 1. The zero-order valence-electron chi connectivity index (χ0n) is 9.12. The molecule has 1 heterocycles. The van der Waals surface area contributed by atoms with E-state index in [9.17, 15) is 4.79 Å². The van der Waals surface area contributed by atoms with Crippen molar-refractivity contribution >= 4 is 33.0 Å². The first-order chi connectivity index (χ1) is 7.19. The molecule has 2 nitrogen and oxygen atoms in total. The topological polar surface area (TPSA) is 20.3 Å². The number of nitrogens with zero attached hydrogens (tertiary/aromatic N) is 1. The molecule has 1 rings (SSSR count). The highest BCUT2D eigenvalue weighted by atomic mass is 79.9. The fourth-order valence-electron chi connectivity index (χ4n) is 1.43. The van der Waals surface area contributed by atoms with E-state index in [2.05, 4.69) is 34.7 Å². The van der Waals surface area contributed by atoms with Crippen LogP contribution in [0.15, 0.2) is 15.9 Å². The number of rotatable bonds is 6. The van der Waals surface area contributed by atoms with Crippen molar-refractivity contribution in [3.8, 4) is 0 Å². The average molecular weight is 290 g/mol. The molecule has 0 aromatic carbocycles. The summed E-state index contributed by atoms with van der Waals surface area (Å²) in [5, 5.41) is 1.94. The van der Waals surface area contributed by atoms with Crippen molar-refractivity contribution in [3.63, 3.8) is 0 Å². The predicted octanol–water partition coefficient (Wildman–Crippen LogP) is 3.43. The van der Waals surface area contributed by atoms with E-state index >= 15 is 0 Å². The standard InChI is InChI=1S/C11H16BrNOS/c1-3-6-13(4-2)8-10(14)11-9(12)5-7-15-11/h5,7H,3-4,6,8H2,1-2H3. The van der Waals surface area contributed by atoms with Gasteiger partial charge in [0, 0.05) is 4.47 Å². The third-order valence-electron chi connectivity index (χ3n) is 2.22. The quantitative estimate of drug-likeness (QED) is 0.748. The summed E-state index contributed by atoms with van der Waals surface area (Å²) in [5.74, 6) is 0.215. The molecule has 0 saturated carbocycles. The summed E-state index contributed by atoms with van der Waals surface area (Å²) >= 11 is 4.89. The lowest BCUT2D eigenvalue weighted by atomic mass is 10.3.